The predicted molar refractivity (Wildman–Crippen MR) is 86.8 cm³/mol. The summed E-state index contributed by atoms with van der Waals surface area (Å²) in [5.74, 6) is 0.0839. The lowest BCUT2D eigenvalue weighted by atomic mass is 10.1. The molecule has 0 bridgehead atoms. The molecule has 1 aliphatic heterocycles. The molecule has 114 valence electrons. The van der Waals surface area contributed by atoms with Crippen LogP contribution in [0.5, 0.6) is 0 Å². The molecule has 1 aromatic carbocycles. The van der Waals surface area contributed by atoms with Crippen molar-refractivity contribution in [3.05, 3.63) is 41.6 Å². The molecule has 0 unspecified atom stereocenters. The molecule has 0 radical (unpaired) electrons. The van der Waals surface area contributed by atoms with Gasteiger partial charge in [-0.05, 0) is 32.3 Å². The van der Waals surface area contributed by atoms with Gasteiger partial charge >= 0.3 is 0 Å². The molecule has 5 nitrogen and oxygen atoms in total. The minimum absolute atomic E-state index is 0.270. The molecule has 1 fully saturated rings. The van der Waals surface area contributed by atoms with Crippen molar-refractivity contribution < 1.29 is 4.79 Å². The molecule has 2 heterocycles. The third kappa shape index (κ3) is 3.08. The summed E-state index contributed by atoms with van der Waals surface area (Å²) in [5.41, 5.74) is 8.60. The molecule has 0 saturated carbocycles. The third-order valence-electron chi connectivity index (χ3n) is 3.95. The lowest BCUT2D eigenvalue weighted by Crippen LogP contribution is -2.31. The fraction of sp³-hybridized carbons (Fsp3) is 0.353. The fourth-order valence-electron chi connectivity index (χ4n) is 2.67. The number of aryl methyl sites for hydroxylation is 1. The molecule has 2 aromatic rings. The second kappa shape index (κ2) is 6.13. The number of rotatable bonds is 3. The van der Waals surface area contributed by atoms with Crippen LogP contribution in [0.1, 0.15) is 35.3 Å². The summed E-state index contributed by atoms with van der Waals surface area (Å²) < 4.78 is 0. The van der Waals surface area contributed by atoms with Gasteiger partial charge in [-0.2, -0.15) is 0 Å². The molecule has 0 aliphatic carbocycles. The number of nitrogens with zero attached hydrogens (tertiary/aromatic N) is 3. The maximum Gasteiger partial charge on any atom is 0.267 e. The number of anilines is 1. The van der Waals surface area contributed by atoms with Gasteiger partial charge in [-0.15, -0.1) is 0 Å². The lowest BCUT2D eigenvalue weighted by Gasteiger charge is -2.27. The van der Waals surface area contributed by atoms with Gasteiger partial charge in [0.1, 0.15) is 5.69 Å². The highest BCUT2D eigenvalue weighted by Crippen LogP contribution is 2.23. The standard InChI is InChI=1S/C17H20N4O/c1-12-5-7-13(8-6-12)14-11-15(16(18)22)20-17(19-14)21-9-3-2-4-10-21/h5-8,11H,2-4,9-10H2,1H3,(H2,18,22). The molecule has 0 spiro atoms. The van der Waals surface area contributed by atoms with Crippen LogP contribution in [0.4, 0.5) is 5.95 Å². The number of primary amides is 1. The number of aromatic nitrogens is 2. The Morgan fingerprint density at radius 1 is 1.09 bits per heavy atom. The Morgan fingerprint density at radius 2 is 1.77 bits per heavy atom. The van der Waals surface area contributed by atoms with E-state index in [1.165, 1.54) is 12.0 Å². The summed E-state index contributed by atoms with van der Waals surface area (Å²) in [7, 11) is 0. The third-order valence-corrected chi connectivity index (χ3v) is 3.95. The first-order valence-corrected chi connectivity index (χ1v) is 7.64. The Balaban J connectivity index is 2.03. The van der Waals surface area contributed by atoms with Gasteiger partial charge in [0, 0.05) is 18.7 Å². The topological polar surface area (TPSA) is 72.1 Å². The molecule has 0 atom stereocenters. The van der Waals surface area contributed by atoms with E-state index in [-0.39, 0.29) is 5.69 Å². The van der Waals surface area contributed by atoms with Crippen molar-refractivity contribution >= 4 is 11.9 Å². The summed E-state index contributed by atoms with van der Waals surface area (Å²) in [6.07, 6.45) is 3.49. The Labute approximate surface area is 130 Å². The van der Waals surface area contributed by atoms with Crippen molar-refractivity contribution in [3.8, 4) is 11.3 Å². The van der Waals surface area contributed by atoms with Crippen LogP contribution in [0.25, 0.3) is 11.3 Å². The molecule has 1 saturated heterocycles. The summed E-state index contributed by atoms with van der Waals surface area (Å²) in [5, 5.41) is 0. The van der Waals surface area contributed by atoms with E-state index in [4.69, 9.17) is 5.73 Å². The second-order valence-electron chi connectivity index (χ2n) is 5.72. The van der Waals surface area contributed by atoms with Crippen molar-refractivity contribution in [2.24, 2.45) is 5.73 Å². The van der Waals surface area contributed by atoms with Crippen LogP contribution >= 0.6 is 0 Å². The molecule has 22 heavy (non-hydrogen) atoms. The number of hydrogen-bond acceptors (Lipinski definition) is 4. The molecule has 2 N–H and O–H groups in total. The van der Waals surface area contributed by atoms with Crippen LogP contribution in [0.3, 0.4) is 0 Å². The highest BCUT2D eigenvalue weighted by Gasteiger charge is 2.17. The van der Waals surface area contributed by atoms with Crippen molar-refractivity contribution in [2.75, 3.05) is 18.0 Å². The maximum absolute atomic E-state index is 11.6. The number of carbonyl (C=O) groups is 1. The van der Waals surface area contributed by atoms with Crippen LogP contribution in [0.15, 0.2) is 30.3 Å². The smallest absolute Gasteiger partial charge is 0.267 e. The number of carbonyl (C=O) groups excluding carboxylic acids is 1. The van der Waals surface area contributed by atoms with Crippen molar-refractivity contribution in [2.45, 2.75) is 26.2 Å². The van der Waals surface area contributed by atoms with Crippen molar-refractivity contribution in [3.63, 3.8) is 0 Å². The van der Waals surface area contributed by atoms with E-state index in [9.17, 15) is 4.79 Å². The Bertz CT molecular complexity index is 676. The zero-order chi connectivity index (χ0) is 15.5. The minimum Gasteiger partial charge on any atom is -0.364 e. The fourth-order valence-corrected chi connectivity index (χ4v) is 2.67. The number of amides is 1. The monoisotopic (exact) mass is 296 g/mol. The second-order valence-corrected chi connectivity index (χ2v) is 5.72. The summed E-state index contributed by atoms with van der Waals surface area (Å²) in [4.78, 5) is 22.7. The van der Waals surface area contributed by atoms with Gasteiger partial charge < -0.3 is 10.6 Å². The van der Waals surface area contributed by atoms with Crippen LogP contribution in [-0.4, -0.2) is 29.0 Å². The zero-order valence-corrected chi connectivity index (χ0v) is 12.7. The number of nitrogens with two attached hydrogens (primary N) is 1. The van der Waals surface area contributed by atoms with E-state index in [0.717, 1.165) is 37.2 Å². The zero-order valence-electron chi connectivity index (χ0n) is 12.7. The van der Waals surface area contributed by atoms with E-state index in [0.29, 0.717) is 5.95 Å². The molecule has 5 heteroatoms. The van der Waals surface area contributed by atoms with Gasteiger partial charge in [0.25, 0.3) is 5.91 Å². The van der Waals surface area contributed by atoms with Crippen molar-refractivity contribution in [1.82, 2.24) is 9.97 Å². The lowest BCUT2D eigenvalue weighted by molar-refractivity contribution is 0.0995. The van der Waals surface area contributed by atoms with Crippen LogP contribution < -0.4 is 10.6 Å². The normalized spacial score (nSPS) is 14.9. The van der Waals surface area contributed by atoms with Gasteiger partial charge in [0.15, 0.2) is 0 Å². The Morgan fingerprint density at radius 3 is 2.41 bits per heavy atom. The van der Waals surface area contributed by atoms with E-state index >= 15 is 0 Å². The number of piperidine rings is 1. The largest absolute Gasteiger partial charge is 0.364 e. The van der Waals surface area contributed by atoms with Crippen LogP contribution in [-0.2, 0) is 0 Å². The van der Waals surface area contributed by atoms with Crippen molar-refractivity contribution in [1.29, 1.82) is 0 Å². The summed E-state index contributed by atoms with van der Waals surface area (Å²) in [6.45, 7) is 3.89. The number of hydrogen-bond donors (Lipinski definition) is 1. The van der Waals surface area contributed by atoms with Gasteiger partial charge in [-0.25, -0.2) is 9.97 Å². The first-order valence-electron chi connectivity index (χ1n) is 7.64. The van der Waals surface area contributed by atoms with Gasteiger partial charge in [0.05, 0.1) is 5.69 Å². The average Bonchev–Trinajstić information content (AvgIpc) is 2.56. The van der Waals surface area contributed by atoms with Gasteiger partial charge in [-0.1, -0.05) is 29.8 Å². The highest BCUT2D eigenvalue weighted by atomic mass is 16.1. The molecular weight excluding hydrogens is 276 g/mol. The van der Waals surface area contributed by atoms with E-state index in [1.807, 2.05) is 31.2 Å². The quantitative estimate of drug-likeness (QED) is 0.944. The molecule has 1 aromatic heterocycles. The highest BCUT2D eigenvalue weighted by molar-refractivity contribution is 5.92. The van der Waals surface area contributed by atoms with Gasteiger partial charge in [0.2, 0.25) is 5.95 Å². The predicted octanol–water partition coefficient (Wildman–Crippen LogP) is 2.54. The van der Waals surface area contributed by atoms with E-state index < -0.39 is 5.91 Å². The summed E-state index contributed by atoms with van der Waals surface area (Å²) >= 11 is 0. The molecule has 1 aliphatic rings. The van der Waals surface area contributed by atoms with E-state index in [1.54, 1.807) is 6.07 Å². The molecular formula is C17H20N4O. The minimum atomic E-state index is -0.519. The Kier molecular flexibility index (Phi) is 4.04. The average molecular weight is 296 g/mol. The summed E-state index contributed by atoms with van der Waals surface area (Å²) in [6, 6.07) is 9.73. The first-order chi connectivity index (χ1) is 10.6. The van der Waals surface area contributed by atoms with E-state index in [2.05, 4.69) is 14.9 Å². The molecule has 1 amide bonds. The van der Waals surface area contributed by atoms with Crippen LogP contribution in [0.2, 0.25) is 0 Å². The number of benzene rings is 1. The maximum atomic E-state index is 11.6. The van der Waals surface area contributed by atoms with Gasteiger partial charge in [-0.3, -0.25) is 4.79 Å². The Hall–Kier alpha value is -2.43. The molecule has 3 rings (SSSR count). The SMILES string of the molecule is Cc1ccc(-c2cc(C(N)=O)nc(N3CCCCC3)n2)cc1. The first kappa shape index (κ1) is 14.5. The van der Waals surface area contributed by atoms with Crippen LogP contribution in [0, 0.1) is 6.92 Å².